The number of halogens is 1. The molecule has 2 aromatic rings. The van der Waals surface area contributed by atoms with Gasteiger partial charge in [-0.2, -0.15) is 5.10 Å². The molecule has 21 heavy (non-hydrogen) atoms. The van der Waals surface area contributed by atoms with Gasteiger partial charge in [0.1, 0.15) is 5.75 Å². The minimum atomic E-state index is 0.124. The summed E-state index contributed by atoms with van der Waals surface area (Å²) in [6.07, 6.45) is 1.71. The number of aromatic nitrogens is 2. The maximum atomic E-state index is 6.13. The molecule has 0 amide bonds. The summed E-state index contributed by atoms with van der Waals surface area (Å²) < 4.78 is 8.91. The molecule has 0 aliphatic rings. The molecule has 1 atom stereocenters. The smallest absolute Gasteiger partial charge is 0.221 e. The number of ether oxygens (including phenoxy) is 1. The molecule has 1 aromatic carbocycles. The van der Waals surface area contributed by atoms with E-state index < -0.39 is 0 Å². The Balaban J connectivity index is 2.37. The Morgan fingerprint density at radius 1 is 1.38 bits per heavy atom. The van der Waals surface area contributed by atoms with Gasteiger partial charge in [0.25, 0.3) is 0 Å². The Morgan fingerprint density at radius 2 is 2.10 bits per heavy atom. The molecule has 0 saturated carbocycles. The molecule has 0 saturated heterocycles. The first-order valence-electron chi connectivity index (χ1n) is 7.14. The van der Waals surface area contributed by atoms with Gasteiger partial charge in [-0.1, -0.05) is 28.9 Å². The van der Waals surface area contributed by atoms with Crippen molar-refractivity contribution in [1.82, 2.24) is 9.78 Å². The van der Waals surface area contributed by atoms with Crippen molar-refractivity contribution in [3.63, 3.8) is 0 Å². The fourth-order valence-electron chi connectivity index (χ4n) is 2.24. The van der Waals surface area contributed by atoms with Crippen LogP contribution in [0.3, 0.4) is 0 Å². The molecule has 1 aromatic heterocycles. The average molecular weight is 352 g/mol. The summed E-state index contributed by atoms with van der Waals surface area (Å²) >= 11 is 3.48. The summed E-state index contributed by atoms with van der Waals surface area (Å²) in [4.78, 5) is 0. The van der Waals surface area contributed by atoms with E-state index in [9.17, 15) is 0 Å². The molecular formula is C16H22BrN3O. The normalized spacial score (nSPS) is 12.5. The second kappa shape index (κ2) is 6.62. The average Bonchev–Trinajstić information content (AvgIpc) is 2.69. The highest BCUT2D eigenvalue weighted by molar-refractivity contribution is 9.10. The van der Waals surface area contributed by atoms with Crippen LogP contribution >= 0.6 is 15.9 Å². The van der Waals surface area contributed by atoms with Gasteiger partial charge in [-0.25, -0.2) is 4.68 Å². The fraction of sp³-hybridized carbons (Fsp3) is 0.438. The summed E-state index contributed by atoms with van der Waals surface area (Å²) in [5, 5.41) is 4.47. The van der Waals surface area contributed by atoms with Crippen LogP contribution in [0.25, 0.3) is 0 Å². The van der Waals surface area contributed by atoms with Gasteiger partial charge in [0.05, 0.1) is 5.69 Å². The Morgan fingerprint density at radius 3 is 2.76 bits per heavy atom. The monoisotopic (exact) mass is 351 g/mol. The van der Waals surface area contributed by atoms with Crippen molar-refractivity contribution < 1.29 is 4.74 Å². The van der Waals surface area contributed by atoms with Gasteiger partial charge >= 0.3 is 0 Å². The van der Waals surface area contributed by atoms with Gasteiger partial charge in [0.15, 0.2) is 0 Å². The summed E-state index contributed by atoms with van der Waals surface area (Å²) in [7, 11) is 1.90. The van der Waals surface area contributed by atoms with E-state index in [-0.39, 0.29) is 6.04 Å². The van der Waals surface area contributed by atoms with Crippen LogP contribution in [0.1, 0.15) is 30.2 Å². The molecule has 0 spiro atoms. The van der Waals surface area contributed by atoms with Crippen LogP contribution in [0, 0.1) is 13.8 Å². The molecule has 2 N–H and O–H groups in total. The van der Waals surface area contributed by atoms with Gasteiger partial charge < -0.3 is 10.5 Å². The first-order valence-corrected chi connectivity index (χ1v) is 7.93. The molecule has 0 fully saturated rings. The van der Waals surface area contributed by atoms with Crippen molar-refractivity contribution in [2.45, 2.75) is 39.7 Å². The lowest BCUT2D eigenvalue weighted by Gasteiger charge is -2.13. The van der Waals surface area contributed by atoms with E-state index in [2.05, 4.69) is 28.0 Å². The lowest BCUT2D eigenvalue weighted by atomic mass is 10.1. The van der Waals surface area contributed by atoms with Crippen LogP contribution in [-0.2, 0) is 13.5 Å². The predicted molar refractivity (Wildman–Crippen MR) is 88.9 cm³/mol. The summed E-state index contributed by atoms with van der Waals surface area (Å²) in [6, 6.07) is 6.13. The SMILES string of the molecule is CCC(N)Cc1c(C)nn(C)c1Oc1cc(Br)ccc1C. The van der Waals surface area contributed by atoms with Crippen molar-refractivity contribution in [3.8, 4) is 11.6 Å². The van der Waals surface area contributed by atoms with Gasteiger partial charge in [-0.15, -0.1) is 0 Å². The quantitative estimate of drug-likeness (QED) is 0.889. The Kier molecular flexibility index (Phi) is 5.06. The third kappa shape index (κ3) is 3.66. The number of rotatable bonds is 5. The molecule has 1 unspecified atom stereocenters. The topological polar surface area (TPSA) is 53.1 Å². The summed E-state index contributed by atoms with van der Waals surface area (Å²) in [6.45, 7) is 6.12. The van der Waals surface area contributed by atoms with Crippen LogP contribution in [0.5, 0.6) is 11.6 Å². The van der Waals surface area contributed by atoms with Crippen LogP contribution in [-0.4, -0.2) is 15.8 Å². The van der Waals surface area contributed by atoms with Crippen molar-refractivity contribution in [3.05, 3.63) is 39.5 Å². The van der Waals surface area contributed by atoms with Crippen molar-refractivity contribution in [2.75, 3.05) is 0 Å². The molecule has 0 bridgehead atoms. The third-order valence-electron chi connectivity index (χ3n) is 3.64. The highest BCUT2D eigenvalue weighted by atomic mass is 79.9. The zero-order chi connectivity index (χ0) is 15.6. The molecule has 1 heterocycles. The first-order chi connectivity index (χ1) is 9.92. The van der Waals surface area contributed by atoms with Crippen LogP contribution in [0.4, 0.5) is 0 Å². The largest absolute Gasteiger partial charge is 0.439 e. The molecule has 2 rings (SSSR count). The van der Waals surface area contributed by atoms with Crippen molar-refractivity contribution in [2.24, 2.45) is 12.8 Å². The molecule has 114 valence electrons. The second-order valence-corrected chi connectivity index (χ2v) is 6.29. The zero-order valence-corrected chi connectivity index (χ0v) is 14.6. The highest BCUT2D eigenvalue weighted by Crippen LogP contribution is 2.32. The Bertz CT molecular complexity index is 637. The van der Waals surface area contributed by atoms with E-state index in [0.29, 0.717) is 0 Å². The first kappa shape index (κ1) is 16.0. The molecular weight excluding hydrogens is 330 g/mol. The summed E-state index contributed by atoms with van der Waals surface area (Å²) in [5.41, 5.74) is 9.25. The lowest BCUT2D eigenvalue weighted by Crippen LogP contribution is -2.21. The van der Waals surface area contributed by atoms with Gasteiger partial charge in [-0.05, 0) is 44.4 Å². The Labute approximate surface area is 134 Å². The maximum Gasteiger partial charge on any atom is 0.221 e. The third-order valence-corrected chi connectivity index (χ3v) is 4.13. The van der Waals surface area contributed by atoms with E-state index in [0.717, 1.165) is 45.8 Å². The van der Waals surface area contributed by atoms with E-state index >= 15 is 0 Å². The van der Waals surface area contributed by atoms with Crippen LogP contribution < -0.4 is 10.5 Å². The number of nitrogens with zero attached hydrogens (tertiary/aromatic N) is 2. The van der Waals surface area contributed by atoms with Crippen LogP contribution in [0.2, 0.25) is 0 Å². The molecule has 5 heteroatoms. The molecule has 0 aliphatic carbocycles. The highest BCUT2D eigenvalue weighted by Gasteiger charge is 2.18. The number of hydrogen-bond donors (Lipinski definition) is 1. The second-order valence-electron chi connectivity index (χ2n) is 5.38. The number of benzene rings is 1. The standard InChI is InChI=1S/C16H22BrN3O/c1-5-13(18)9-14-11(3)19-20(4)16(14)21-15-8-12(17)7-6-10(15)2/h6-8,13H,5,9,18H2,1-4H3. The van der Waals surface area contributed by atoms with Gasteiger partial charge in [-0.3, -0.25) is 0 Å². The van der Waals surface area contributed by atoms with E-state index in [4.69, 9.17) is 10.5 Å². The number of hydrogen-bond acceptors (Lipinski definition) is 3. The van der Waals surface area contributed by atoms with E-state index in [1.807, 2.05) is 39.1 Å². The lowest BCUT2D eigenvalue weighted by molar-refractivity contribution is 0.420. The maximum absolute atomic E-state index is 6.13. The molecule has 0 aliphatic heterocycles. The Hall–Kier alpha value is -1.33. The fourth-order valence-corrected chi connectivity index (χ4v) is 2.58. The van der Waals surface area contributed by atoms with E-state index in [1.165, 1.54) is 0 Å². The predicted octanol–water partition coefficient (Wildman–Crippen LogP) is 3.87. The number of nitrogens with two attached hydrogens (primary N) is 1. The van der Waals surface area contributed by atoms with Gasteiger partial charge in [0, 0.05) is 23.1 Å². The van der Waals surface area contributed by atoms with Crippen molar-refractivity contribution in [1.29, 1.82) is 0 Å². The minimum absolute atomic E-state index is 0.124. The minimum Gasteiger partial charge on any atom is -0.439 e. The van der Waals surface area contributed by atoms with Gasteiger partial charge in [0.2, 0.25) is 5.88 Å². The molecule has 0 radical (unpaired) electrons. The molecule has 4 nitrogen and oxygen atoms in total. The number of aryl methyl sites for hydroxylation is 3. The van der Waals surface area contributed by atoms with Crippen molar-refractivity contribution >= 4 is 15.9 Å². The van der Waals surface area contributed by atoms with E-state index in [1.54, 1.807) is 4.68 Å². The van der Waals surface area contributed by atoms with Crippen LogP contribution in [0.15, 0.2) is 22.7 Å². The summed E-state index contributed by atoms with van der Waals surface area (Å²) in [5.74, 6) is 1.61. The zero-order valence-electron chi connectivity index (χ0n) is 13.0.